The van der Waals surface area contributed by atoms with Crippen LogP contribution in [0.1, 0.15) is 29.7 Å². The van der Waals surface area contributed by atoms with Gasteiger partial charge >= 0.3 is 0 Å². The number of aromatic hydroxyl groups is 1. The number of hydrogen-bond donors (Lipinski definition) is 1. The van der Waals surface area contributed by atoms with Crippen LogP contribution in [0.4, 0.5) is 13.2 Å². The first kappa shape index (κ1) is 23.3. The standard InChI is InChI=1S/C28H26F3NO3/c1-17-23-13-21(33)5-9-26(23)35-28(27(17)24-12-20(30)4-8-25(24)31)19-2-6-22(7-3-19)34-11-10-32-15-18(14-29)16-32/h2-9,12-13,18,28,33H,10-11,14-16H2,1H3. The molecule has 0 aromatic heterocycles. The molecule has 2 heterocycles. The van der Waals surface area contributed by atoms with Crippen molar-refractivity contribution in [3.8, 4) is 17.2 Å². The van der Waals surface area contributed by atoms with Gasteiger partial charge in [-0.1, -0.05) is 12.1 Å². The molecule has 1 fully saturated rings. The second-order valence-corrected chi connectivity index (χ2v) is 9.04. The number of allylic oxidation sites excluding steroid dienone is 1. The molecule has 7 heteroatoms. The van der Waals surface area contributed by atoms with E-state index in [0.29, 0.717) is 34.8 Å². The average molecular weight is 482 g/mol. The van der Waals surface area contributed by atoms with E-state index in [2.05, 4.69) is 4.90 Å². The Kier molecular flexibility index (Phi) is 6.43. The minimum Gasteiger partial charge on any atom is -0.508 e. The number of likely N-dealkylation sites (tertiary alicyclic amines) is 1. The highest BCUT2D eigenvalue weighted by molar-refractivity contribution is 5.95. The van der Waals surface area contributed by atoms with Crippen molar-refractivity contribution < 1.29 is 27.8 Å². The molecule has 0 radical (unpaired) electrons. The van der Waals surface area contributed by atoms with E-state index >= 15 is 0 Å². The van der Waals surface area contributed by atoms with E-state index in [-0.39, 0.29) is 23.9 Å². The molecule has 1 atom stereocenters. The Morgan fingerprint density at radius 2 is 1.77 bits per heavy atom. The molecule has 3 aromatic rings. The summed E-state index contributed by atoms with van der Waals surface area (Å²) in [6.45, 7) is 4.30. The Bertz CT molecular complexity index is 1250. The third-order valence-electron chi connectivity index (χ3n) is 6.61. The largest absolute Gasteiger partial charge is 0.508 e. The molecule has 1 saturated heterocycles. The van der Waals surface area contributed by atoms with Crippen LogP contribution in [-0.4, -0.2) is 42.9 Å². The Hall–Kier alpha value is -3.45. The van der Waals surface area contributed by atoms with Gasteiger partial charge in [0.15, 0.2) is 0 Å². The van der Waals surface area contributed by atoms with Gasteiger partial charge in [0.05, 0.1) is 6.67 Å². The number of rotatable bonds is 7. The second-order valence-electron chi connectivity index (χ2n) is 9.04. The number of alkyl halides is 1. The van der Waals surface area contributed by atoms with Crippen LogP contribution in [0, 0.1) is 17.6 Å². The van der Waals surface area contributed by atoms with E-state index in [9.17, 15) is 18.3 Å². The summed E-state index contributed by atoms with van der Waals surface area (Å²) < 4.78 is 53.6. The van der Waals surface area contributed by atoms with Crippen LogP contribution < -0.4 is 9.47 Å². The van der Waals surface area contributed by atoms with E-state index in [1.165, 1.54) is 12.1 Å². The van der Waals surface area contributed by atoms with E-state index in [1.54, 1.807) is 12.1 Å². The number of hydrogen-bond acceptors (Lipinski definition) is 4. The number of ether oxygens (including phenoxy) is 2. The van der Waals surface area contributed by atoms with Crippen molar-refractivity contribution in [2.24, 2.45) is 5.92 Å². The first-order valence-electron chi connectivity index (χ1n) is 11.6. The maximum atomic E-state index is 14.9. The molecule has 2 aliphatic rings. The zero-order valence-corrected chi connectivity index (χ0v) is 19.3. The number of phenols is 1. The van der Waals surface area contributed by atoms with Crippen LogP contribution in [0.25, 0.3) is 11.1 Å². The SMILES string of the molecule is CC1=C(c2cc(F)ccc2F)C(c2ccc(OCCN3CC(CF)C3)cc2)Oc2ccc(O)cc21. The van der Waals surface area contributed by atoms with Crippen LogP contribution in [0.15, 0.2) is 60.7 Å². The topological polar surface area (TPSA) is 41.9 Å². The summed E-state index contributed by atoms with van der Waals surface area (Å²) in [6, 6.07) is 15.4. The van der Waals surface area contributed by atoms with E-state index in [4.69, 9.17) is 9.47 Å². The van der Waals surface area contributed by atoms with Gasteiger partial charge in [-0.15, -0.1) is 0 Å². The predicted molar refractivity (Wildman–Crippen MR) is 128 cm³/mol. The molecule has 2 aliphatic heterocycles. The van der Waals surface area contributed by atoms with Gasteiger partial charge in [0.2, 0.25) is 0 Å². The third kappa shape index (κ3) is 4.73. The summed E-state index contributed by atoms with van der Waals surface area (Å²) in [5.74, 6) is 0.325. The number of fused-ring (bicyclic) bond motifs is 1. The van der Waals surface area contributed by atoms with Crippen LogP contribution in [0.2, 0.25) is 0 Å². The Morgan fingerprint density at radius 3 is 2.51 bits per heavy atom. The lowest BCUT2D eigenvalue weighted by Crippen LogP contribution is -2.49. The van der Waals surface area contributed by atoms with Crippen molar-refractivity contribution in [1.82, 2.24) is 4.90 Å². The molecular weight excluding hydrogens is 455 g/mol. The third-order valence-corrected chi connectivity index (χ3v) is 6.61. The second kappa shape index (κ2) is 9.66. The summed E-state index contributed by atoms with van der Waals surface area (Å²) in [6.07, 6.45) is -0.684. The molecule has 1 unspecified atom stereocenters. The monoisotopic (exact) mass is 481 g/mol. The molecule has 0 bridgehead atoms. The van der Waals surface area contributed by atoms with Crippen molar-refractivity contribution in [2.45, 2.75) is 13.0 Å². The molecule has 3 aromatic carbocycles. The van der Waals surface area contributed by atoms with Gasteiger partial charge in [0.1, 0.15) is 41.6 Å². The zero-order chi connectivity index (χ0) is 24.5. The van der Waals surface area contributed by atoms with Crippen molar-refractivity contribution in [1.29, 1.82) is 0 Å². The lowest BCUT2D eigenvalue weighted by molar-refractivity contribution is 0.0668. The number of halogens is 3. The molecular formula is C28H26F3NO3. The van der Waals surface area contributed by atoms with Gasteiger partial charge in [-0.05, 0) is 66.6 Å². The minimum atomic E-state index is -0.684. The van der Waals surface area contributed by atoms with Crippen LogP contribution in [0.3, 0.4) is 0 Å². The summed E-state index contributed by atoms with van der Waals surface area (Å²) in [5.41, 5.74) is 2.68. The maximum Gasteiger partial charge on any atom is 0.150 e. The smallest absolute Gasteiger partial charge is 0.150 e. The first-order chi connectivity index (χ1) is 16.9. The molecule has 35 heavy (non-hydrogen) atoms. The van der Waals surface area contributed by atoms with Crippen molar-refractivity contribution in [3.05, 3.63) is 89.0 Å². The summed E-state index contributed by atoms with van der Waals surface area (Å²) >= 11 is 0. The van der Waals surface area contributed by atoms with E-state index < -0.39 is 17.7 Å². The first-order valence-corrected chi connectivity index (χ1v) is 11.6. The van der Waals surface area contributed by atoms with Gasteiger partial charge in [-0.25, -0.2) is 8.78 Å². The molecule has 5 rings (SSSR count). The van der Waals surface area contributed by atoms with Gasteiger partial charge in [-0.3, -0.25) is 9.29 Å². The van der Waals surface area contributed by atoms with Gasteiger partial charge in [-0.2, -0.15) is 0 Å². The van der Waals surface area contributed by atoms with E-state index in [0.717, 1.165) is 37.3 Å². The Morgan fingerprint density at radius 1 is 1.00 bits per heavy atom. The lowest BCUT2D eigenvalue weighted by atomic mass is 9.86. The quantitative estimate of drug-likeness (QED) is 0.449. The minimum absolute atomic E-state index is 0.0594. The number of phenolic OH excluding ortho intramolecular Hbond substituents is 1. The molecule has 0 amide bonds. The van der Waals surface area contributed by atoms with Crippen LogP contribution in [0.5, 0.6) is 17.2 Å². The molecule has 182 valence electrons. The van der Waals surface area contributed by atoms with Crippen molar-refractivity contribution in [3.63, 3.8) is 0 Å². The van der Waals surface area contributed by atoms with Crippen molar-refractivity contribution in [2.75, 3.05) is 32.9 Å². The van der Waals surface area contributed by atoms with Gasteiger partial charge in [0, 0.05) is 42.3 Å². The molecule has 0 saturated carbocycles. The van der Waals surface area contributed by atoms with Gasteiger partial charge < -0.3 is 14.6 Å². The Labute approximate surface area is 202 Å². The summed E-state index contributed by atoms with van der Waals surface area (Å²) in [5, 5.41) is 9.98. The lowest BCUT2D eigenvalue weighted by Gasteiger charge is -2.37. The number of benzene rings is 3. The zero-order valence-electron chi connectivity index (χ0n) is 19.3. The fourth-order valence-corrected chi connectivity index (χ4v) is 4.71. The molecule has 1 N–H and O–H groups in total. The highest BCUT2D eigenvalue weighted by Gasteiger charge is 2.31. The highest BCUT2D eigenvalue weighted by atomic mass is 19.1. The molecule has 0 aliphatic carbocycles. The fourth-order valence-electron chi connectivity index (χ4n) is 4.71. The van der Waals surface area contributed by atoms with Crippen LogP contribution >= 0.6 is 0 Å². The van der Waals surface area contributed by atoms with Gasteiger partial charge in [0.25, 0.3) is 0 Å². The molecule has 0 spiro atoms. The molecule has 4 nitrogen and oxygen atoms in total. The normalized spacial score (nSPS) is 18.1. The fraction of sp³-hybridized carbons (Fsp3) is 0.286. The average Bonchev–Trinajstić information content (AvgIpc) is 2.83. The predicted octanol–water partition coefficient (Wildman–Crippen LogP) is 6.01. The number of nitrogens with zero attached hydrogens (tertiary/aromatic N) is 1. The van der Waals surface area contributed by atoms with E-state index in [1.807, 2.05) is 31.2 Å². The highest BCUT2D eigenvalue weighted by Crippen LogP contribution is 2.48. The summed E-state index contributed by atoms with van der Waals surface area (Å²) in [7, 11) is 0. The maximum absolute atomic E-state index is 14.9. The summed E-state index contributed by atoms with van der Waals surface area (Å²) in [4.78, 5) is 2.15. The van der Waals surface area contributed by atoms with Crippen molar-refractivity contribution >= 4 is 11.1 Å². The Balaban J connectivity index is 1.41. The van der Waals surface area contributed by atoms with Crippen LogP contribution in [-0.2, 0) is 0 Å².